The van der Waals surface area contributed by atoms with Crippen LogP contribution in [0.5, 0.6) is 0 Å². The number of rotatable bonds is 0. The van der Waals surface area contributed by atoms with Gasteiger partial charge in [0.1, 0.15) is 0 Å². The molecule has 0 unspecified atom stereocenters. The van der Waals surface area contributed by atoms with Crippen LogP contribution in [0.15, 0.2) is 0 Å². The fraction of sp³-hybridized carbons (Fsp3) is 0.933. The minimum atomic E-state index is -0.171. The zero-order chi connectivity index (χ0) is 13.1. The van der Waals surface area contributed by atoms with Crippen molar-refractivity contribution in [1.29, 1.82) is 0 Å². The van der Waals surface area contributed by atoms with Gasteiger partial charge in [0.05, 0.1) is 6.10 Å². The second-order valence-electron chi connectivity index (χ2n) is 5.51. The number of carbonyl (C=O) groups is 1. The molecule has 18 heavy (non-hydrogen) atoms. The van der Waals surface area contributed by atoms with E-state index in [1.165, 1.54) is 38.5 Å². The lowest BCUT2D eigenvalue weighted by Crippen LogP contribution is -2.24. The van der Waals surface area contributed by atoms with E-state index in [-0.39, 0.29) is 12.0 Å². The fourth-order valence-electron chi connectivity index (χ4n) is 2.52. The molecule has 106 valence electrons. The lowest BCUT2D eigenvalue weighted by atomic mass is 10.0. The van der Waals surface area contributed by atoms with Gasteiger partial charge in [0.25, 0.3) is 0 Å². The van der Waals surface area contributed by atoms with Crippen molar-refractivity contribution in [3.8, 4) is 0 Å². The van der Waals surface area contributed by atoms with Crippen molar-refractivity contribution >= 4 is 5.91 Å². The number of nitrogens with one attached hydrogen (secondary N) is 1. The third kappa shape index (κ3) is 8.51. The molecular formula is C15H29NO2. The van der Waals surface area contributed by atoms with E-state index < -0.39 is 0 Å². The summed E-state index contributed by atoms with van der Waals surface area (Å²) in [5.74, 6) is 0.177. The Balaban J connectivity index is 2.20. The molecule has 0 aromatic rings. The van der Waals surface area contributed by atoms with Crippen LogP contribution < -0.4 is 5.32 Å². The summed E-state index contributed by atoms with van der Waals surface area (Å²) in [6, 6.07) is 0. The van der Waals surface area contributed by atoms with Crippen LogP contribution in [0.4, 0.5) is 0 Å². The van der Waals surface area contributed by atoms with E-state index in [1.54, 1.807) is 0 Å². The van der Waals surface area contributed by atoms with E-state index in [0.29, 0.717) is 6.42 Å². The van der Waals surface area contributed by atoms with Crippen LogP contribution in [0.1, 0.15) is 77.0 Å². The predicted octanol–water partition coefficient (Wildman–Crippen LogP) is 3.16. The molecule has 3 nitrogen and oxygen atoms in total. The smallest absolute Gasteiger partial charge is 0.219 e. The Morgan fingerprint density at radius 3 is 2.11 bits per heavy atom. The topological polar surface area (TPSA) is 49.3 Å². The minimum Gasteiger partial charge on any atom is -0.393 e. The standard InChI is InChI=1S/C15H29NO2/c17-14-10-7-5-3-1-2-4-6-8-12-15(18)16-13-9-11-14/h14,17H,1-13H2,(H,16,18)/t14-/m1/s1. The zero-order valence-electron chi connectivity index (χ0n) is 11.6. The summed E-state index contributed by atoms with van der Waals surface area (Å²) in [5, 5.41) is 12.7. The largest absolute Gasteiger partial charge is 0.393 e. The summed E-state index contributed by atoms with van der Waals surface area (Å²) in [6.45, 7) is 0.718. The molecule has 0 aliphatic carbocycles. The van der Waals surface area contributed by atoms with Gasteiger partial charge in [-0.1, -0.05) is 44.9 Å². The van der Waals surface area contributed by atoms with Crippen molar-refractivity contribution in [3.05, 3.63) is 0 Å². The van der Waals surface area contributed by atoms with Crippen molar-refractivity contribution in [2.75, 3.05) is 6.54 Å². The molecule has 1 rings (SSSR count). The molecule has 1 atom stereocenters. The van der Waals surface area contributed by atoms with Crippen LogP contribution >= 0.6 is 0 Å². The van der Waals surface area contributed by atoms with Gasteiger partial charge in [-0.15, -0.1) is 0 Å². The Morgan fingerprint density at radius 2 is 1.39 bits per heavy atom. The van der Waals surface area contributed by atoms with E-state index in [2.05, 4.69) is 5.32 Å². The zero-order valence-corrected chi connectivity index (χ0v) is 11.6. The molecule has 0 aromatic heterocycles. The lowest BCUT2D eigenvalue weighted by Gasteiger charge is -2.11. The van der Waals surface area contributed by atoms with Crippen LogP contribution in [0, 0.1) is 0 Å². The molecule has 0 bridgehead atoms. The van der Waals surface area contributed by atoms with E-state index in [0.717, 1.165) is 38.6 Å². The third-order valence-corrected chi connectivity index (χ3v) is 3.73. The fourth-order valence-corrected chi connectivity index (χ4v) is 2.52. The second kappa shape index (κ2) is 10.4. The average Bonchev–Trinajstić information content (AvgIpc) is 2.35. The van der Waals surface area contributed by atoms with Gasteiger partial charge >= 0.3 is 0 Å². The Labute approximate surface area is 111 Å². The Kier molecular flexibility index (Phi) is 8.92. The van der Waals surface area contributed by atoms with Gasteiger partial charge in [0.15, 0.2) is 0 Å². The van der Waals surface area contributed by atoms with E-state index >= 15 is 0 Å². The molecule has 1 fully saturated rings. The number of aliphatic hydroxyl groups excluding tert-OH is 1. The van der Waals surface area contributed by atoms with Crippen LogP contribution in [0.3, 0.4) is 0 Å². The molecule has 1 aliphatic heterocycles. The normalized spacial score (nSPS) is 26.5. The second-order valence-corrected chi connectivity index (χ2v) is 5.51. The van der Waals surface area contributed by atoms with Crippen LogP contribution in [0.2, 0.25) is 0 Å². The van der Waals surface area contributed by atoms with Gasteiger partial charge in [-0.25, -0.2) is 0 Å². The third-order valence-electron chi connectivity index (χ3n) is 3.73. The summed E-state index contributed by atoms with van der Waals surface area (Å²) in [5.41, 5.74) is 0. The minimum absolute atomic E-state index is 0.171. The highest BCUT2D eigenvalue weighted by Crippen LogP contribution is 2.13. The first-order valence-electron chi connectivity index (χ1n) is 7.74. The molecule has 3 heteroatoms. The van der Waals surface area contributed by atoms with Crippen molar-refractivity contribution in [2.45, 2.75) is 83.2 Å². The summed E-state index contributed by atoms with van der Waals surface area (Å²) < 4.78 is 0. The molecule has 1 heterocycles. The predicted molar refractivity (Wildman–Crippen MR) is 74.4 cm³/mol. The number of aliphatic hydroxyl groups is 1. The summed E-state index contributed by atoms with van der Waals surface area (Å²) in [4.78, 5) is 11.5. The van der Waals surface area contributed by atoms with Crippen LogP contribution in [-0.4, -0.2) is 23.7 Å². The van der Waals surface area contributed by atoms with E-state index in [1.807, 2.05) is 0 Å². The first-order valence-corrected chi connectivity index (χ1v) is 7.74. The quantitative estimate of drug-likeness (QED) is 0.698. The van der Waals surface area contributed by atoms with Crippen molar-refractivity contribution in [1.82, 2.24) is 5.32 Å². The molecule has 2 N–H and O–H groups in total. The lowest BCUT2D eigenvalue weighted by molar-refractivity contribution is -0.121. The number of hydrogen-bond donors (Lipinski definition) is 2. The Hall–Kier alpha value is -0.570. The Morgan fingerprint density at radius 1 is 0.833 bits per heavy atom. The van der Waals surface area contributed by atoms with Crippen molar-refractivity contribution in [3.63, 3.8) is 0 Å². The summed E-state index contributed by atoms with van der Waals surface area (Å²) in [7, 11) is 0. The van der Waals surface area contributed by atoms with Gasteiger partial charge in [-0.3, -0.25) is 4.79 Å². The molecule has 1 saturated heterocycles. The molecule has 1 amide bonds. The van der Waals surface area contributed by atoms with Crippen LogP contribution in [0.25, 0.3) is 0 Å². The Bertz CT molecular complexity index is 219. The first kappa shape index (κ1) is 15.5. The SMILES string of the molecule is O=C1CCCCCCCCCC[C@@H](O)CCCN1. The average molecular weight is 255 g/mol. The highest BCUT2D eigenvalue weighted by molar-refractivity contribution is 5.75. The molecule has 0 saturated carbocycles. The van der Waals surface area contributed by atoms with Crippen molar-refractivity contribution in [2.24, 2.45) is 0 Å². The highest BCUT2D eigenvalue weighted by atomic mass is 16.3. The number of carbonyl (C=O) groups excluding carboxylic acids is 1. The first-order chi connectivity index (χ1) is 8.79. The van der Waals surface area contributed by atoms with Gasteiger partial charge < -0.3 is 10.4 Å². The van der Waals surface area contributed by atoms with Crippen LogP contribution in [-0.2, 0) is 4.79 Å². The van der Waals surface area contributed by atoms with Gasteiger partial charge in [0, 0.05) is 13.0 Å². The maximum atomic E-state index is 11.5. The summed E-state index contributed by atoms with van der Waals surface area (Å²) >= 11 is 0. The maximum absolute atomic E-state index is 11.5. The monoisotopic (exact) mass is 255 g/mol. The molecule has 0 radical (unpaired) electrons. The highest BCUT2D eigenvalue weighted by Gasteiger charge is 2.05. The van der Waals surface area contributed by atoms with Gasteiger partial charge in [-0.05, 0) is 25.7 Å². The summed E-state index contributed by atoms with van der Waals surface area (Å²) in [6.07, 6.45) is 12.9. The molecule has 0 aromatic carbocycles. The molecule has 0 spiro atoms. The van der Waals surface area contributed by atoms with Gasteiger partial charge in [0.2, 0.25) is 5.91 Å². The number of amides is 1. The maximum Gasteiger partial charge on any atom is 0.219 e. The van der Waals surface area contributed by atoms with E-state index in [9.17, 15) is 9.90 Å². The van der Waals surface area contributed by atoms with E-state index in [4.69, 9.17) is 0 Å². The van der Waals surface area contributed by atoms with Gasteiger partial charge in [-0.2, -0.15) is 0 Å². The van der Waals surface area contributed by atoms with Crippen molar-refractivity contribution < 1.29 is 9.90 Å². The molecule has 1 aliphatic rings. The number of hydrogen-bond acceptors (Lipinski definition) is 2. The molecular weight excluding hydrogens is 226 g/mol.